The van der Waals surface area contributed by atoms with Crippen LogP contribution in [0.5, 0.6) is 5.75 Å². The van der Waals surface area contributed by atoms with Crippen molar-refractivity contribution in [2.75, 3.05) is 39.8 Å². The molecule has 1 amide bonds. The first-order valence-electron chi connectivity index (χ1n) is 10.6. The van der Waals surface area contributed by atoms with Crippen molar-refractivity contribution < 1.29 is 17.9 Å². The second-order valence-corrected chi connectivity index (χ2v) is 9.47. The predicted molar refractivity (Wildman–Crippen MR) is 121 cm³/mol. The van der Waals surface area contributed by atoms with Crippen LogP contribution in [0.3, 0.4) is 0 Å². The van der Waals surface area contributed by atoms with Gasteiger partial charge in [-0.3, -0.25) is 4.79 Å². The lowest BCUT2D eigenvalue weighted by atomic mass is 10.1. The average Bonchev–Trinajstić information content (AvgIpc) is 2.78. The Balaban J connectivity index is 1.83. The molecule has 0 unspecified atom stereocenters. The number of nitrogens with zero attached hydrogens (tertiary/aromatic N) is 2. The third-order valence-corrected chi connectivity index (χ3v) is 7.16. The van der Waals surface area contributed by atoms with Gasteiger partial charge >= 0.3 is 0 Å². The highest BCUT2D eigenvalue weighted by Crippen LogP contribution is 2.22. The molecule has 2 aromatic rings. The van der Waals surface area contributed by atoms with Crippen LogP contribution in [-0.4, -0.2) is 70.0 Å². The van der Waals surface area contributed by atoms with Crippen LogP contribution in [0.2, 0.25) is 0 Å². The van der Waals surface area contributed by atoms with Crippen molar-refractivity contribution in [2.45, 2.75) is 31.2 Å². The van der Waals surface area contributed by atoms with Gasteiger partial charge in [-0.15, -0.1) is 0 Å². The van der Waals surface area contributed by atoms with Gasteiger partial charge in [0.15, 0.2) is 0 Å². The van der Waals surface area contributed by atoms with Crippen molar-refractivity contribution in [1.29, 1.82) is 0 Å². The molecule has 31 heavy (non-hydrogen) atoms. The van der Waals surface area contributed by atoms with E-state index in [0.29, 0.717) is 30.8 Å². The maximum absolute atomic E-state index is 13.3. The number of likely N-dealkylation sites (N-methyl/N-ethyl adjacent to an activating group) is 1. The van der Waals surface area contributed by atoms with Gasteiger partial charge in [-0.25, -0.2) is 8.42 Å². The zero-order valence-electron chi connectivity index (χ0n) is 18.4. The fourth-order valence-electron chi connectivity index (χ4n) is 3.81. The van der Waals surface area contributed by atoms with Crippen molar-refractivity contribution in [2.24, 2.45) is 0 Å². The minimum absolute atomic E-state index is 0.118. The minimum atomic E-state index is -3.89. The fourth-order valence-corrected chi connectivity index (χ4v) is 5.08. The first-order valence-corrected chi connectivity index (χ1v) is 12.0. The van der Waals surface area contributed by atoms with E-state index in [1.54, 1.807) is 31.1 Å². The summed E-state index contributed by atoms with van der Waals surface area (Å²) in [6.45, 7) is 7.62. The van der Waals surface area contributed by atoms with Gasteiger partial charge < -0.3 is 14.5 Å². The Morgan fingerprint density at radius 2 is 1.77 bits per heavy atom. The molecule has 1 heterocycles. The van der Waals surface area contributed by atoms with Gasteiger partial charge in [-0.2, -0.15) is 4.72 Å². The summed E-state index contributed by atoms with van der Waals surface area (Å²) in [7, 11) is -2.35. The molecule has 0 saturated carbocycles. The van der Waals surface area contributed by atoms with E-state index in [-0.39, 0.29) is 10.8 Å². The monoisotopic (exact) mass is 445 g/mol. The standard InChI is InChI=1S/C23H31N3O4S/c1-4-25-12-14-26(15-13-25)23(27)21(17-19-8-6-5-7-9-19)24-31(28,29)20-10-11-22(30-3)18(2)16-20/h5-11,16,21,24H,4,12-15,17H2,1-3H3/t21-/m1/s1. The summed E-state index contributed by atoms with van der Waals surface area (Å²) < 4.78 is 34.2. The van der Waals surface area contributed by atoms with Crippen LogP contribution in [0.15, 0.2) is 53.4 Å². The van der Waals surface area contributed by atoms with E-state index in [4.69, 9.17) is 4.74 Å². The van der Waals surface area contributed by atoms with Crippen molar-refractivity contribution in [3.63, 3.8) is 0 Å². The highest BCUT2D eigenvalue weighted by Gasteiger charge is 2.31. The number of hydrogen-bond acceptors (Lipinski definition) is 5. The van der Waals surface area contributed by atoms with Crippen LogP contribution in [-0.2, 0) is 21.2 Å². The number of nitrogens with one attached hydrogen (secondary N) is 1. The SMILES string of the molecule is CCN1CCN(C(=O)[C@@H](Cc2ccccc2)NS(=O)(=O)c2ccc(OC)c(C)c2)CC1. The molecule has 168 valence electrons. The van der Waals surface area contributed by atoms with Gasteiger partial charge in [0.1, 0.15) is 11.8 Å². The normalized spacial score (nSPS) is 16.2. The van der Waals surface area contributed by atoms with Gasteiger partial charge in [0.2, 0.25) is 15.9 Å². The summed E-state index contributed by atoms with van der Waals surface area (Å²) in [4.78, 5) is 17.5. The van der Waals surface area contributed by atoms with E-state index in [1.165, 1.54) is 6.07 Å². The zero-order chi connectivity index (χ0) is 22.4. The lowest BCUT2D eigenvalue weighted by molar-refractivity contribution is -0.134. The average molecular weight is 446 g/mol. The first-order chi connectivity index (χ1) is 14.8. The zero-order valence-corrected chi connectivity index (χ0v) is 19.2. The van der Waals surface area contributed by atoms with E-state index in [1.807, 2.05) is 30.3 Å². The second-order valence-electron chi connectivity index (χ2n) is 7.75. The fraction of sp³-hybridized carbons (Fsp3) is 0.435. The Bertz CT molecular complexity index is 987. The van der Waals surface area contributed by atoms with Crippen molar-refractivity contribution >= 4 is 15.9 Å². The quantitative estimate of drug-likeness (QED) is 0.673. The number of benzene rings is 2. The molecule has 2 aromatic carbocycles. The molecule has 0 aromatic heterocycles. The van der Waals surface area contributed by atoms with Gasteiger partial charge in [-0.1, -0.05) is 37.3 Å². The minimum Gasteiger partial charge on any atom is -0.496 e. The molecule has 1 aliphatic rings. The number of carbonyl (C=O) groups excluding carboxylic acids is 1. The molecule has 0 bridgehead atoms. The Labute approximate surface area is 185 Å². The predicted octanol–water partition coefficient (Wildman–Crippen LogP) is 2.06. The van der Waals surface area contributed by atoms with E-state index in [0.717, 1.165) is 25.2 Å². The molecule has 0 radical (unpaired) electrons. The number of amides is 1. The molecule has 1 N–H and O–H groups in total. The van der Waals surface area contributed by atoms with Crippen LogP contribution < -0.4 is 9.46 Å². The smallest absolute Gasteiger partial charge is 0.241 e. The Morgan fingerprint density at radius 3 is 2.35 bits per heavy atom. The van der Waals surface area contributed by atoms with Crippen LogP contribution in [0.4, 0.5) is 0 Å². The highest BCUT2D eigenvalue weighted by atomic mass is 32.2. The molecule has 7 nitrogen and oxygen atoms in total. The van der Waals surface area contributed by atoms with Crippen LogP contribution in [0.1, 0.15) is 18.1 Å². The molecule has 0 spiro atoms. The summed E-state index contributed by atoms with van der Waals surface area (Å²) in [5, 5.41) is 0. The van der Waals surface area contributed by atoms with Crippen molar-refractivity contribution in [3.05, 3.63) is 59.7 Å². The summed E-state index contributed by atoms with van der Waals surface area (Å²) in [5.41, 5.74) is 1.62. The number of carbonyl (C=O) groups is 1. The number of piperazine rings is 1. The topological polar surface area (TPSA) is 79.0 Å². The third kappa shape index (κ3) is 5.84. The lowest BCUT2D eigenvalue weighted by Crippen LogP contribution is -2.55. The summed E-state index contributed by atoms with van der Waals surface area (Å²) >= 11 is 0. The van der Waals surface area contributed by atoms with E-state index in [9.17, 15) is 13.2 Å². The lowest BCUT2D eigenvalue weighted by Gasteiger charge is -2.36. The van der Waals surface area contributed by atoms with Crippen molar-refractivity contribution in [3.8, 4) is 5.75 Å². The molecule has 8 heteroatoms. The van der Waals surface area contributed by atoms with Crippen LogP contribution >= 0.6 is 0 Å². The molecule has 0 aliphatic carbocycles. The Hall–Kier alpha value is -2.42. The van der Waals surface area contributed by atoms with Crippen molar-refractivity contribution in [1.82, 2.24) is 14.5 Å². The number of rotatable bonds is 8. The van der Waals surface area contributed by atoms with E-state index < -0.39 is 16.1 Å². The van der Waals surface area contributed by atoms with Crippen LogP contribution in [0.25, 0.3) is 0 Å². The number of sulfonamides is 1. The molecular formula is C23H31N3O4S. The Morgan fingerprint density at radius 1 is 1.10 bits per heavy atom. The molecule has 1 saturated heterocycles. The van der Waals surface area contributed by atoms with Gasteiger partial charge in [-0.05, 0) is 49.2 Å². The summed E-state index contributed by atoms with van der Waals surface area (Å²) in [5.74, 6) is 0.429. The second kappa shape index (κ2) is 10.3. The molecular weight excluding hydrogens is 414 g/mol. The van der Waals surface area contributed by atoms with E-state index in [2.05, 4.69) is 16.5 Å². The third-order valence-electron chi connectivity index (χ3n) is 5.69. The number of aryl methyl sites for hydroxylation is 1. The molecule has 1 fully saturated rings. The maximum atomic E-state index is 13.3. The number of methoxy groups -OCH3 is 1. The largest absolute Gasteiger partial charge is 0.496 e. The molecule has 3 rings (SSSR count). The van der Waals surface area contributed by atoms with E-state index >= 15 is 0 Å². The number of ether oxygens (including phenoxy) is 1. The highest BCUT2D eigenvalue weighted by molar-refractivity contribution is 7.89. The van der Waals surface area contributed by atoms with Gasteiger partial charge in [0, 0.05) is 26.2 Å². The molecule has 1 aliphatic heterocycles. The summed E-state index contributed by atoms with van der Waals surface area (Å²) in [6, 6.07) is 13.3. The van der Waals surface area contributed by atoms with Gasteiger partial charge in [0.05, 0.1) is 12.0 Å². The Kier molecular flexibility index (Phi) is 7.69. The maximum Gasteiger partial charge on any atom is 0.241 e. The first kappa shape index (κ1) is 23.2. The van der Waals surface area contributed by atoms with Gasteiger partial charge in [0.25, 0.3) is 0 Å². The van der Waals surface area contributed by atoms with Crippen LogP contribution in [0, 0.1) is 6.92 Å². The number of hydrogen-bond donors (Lipinski definition) is 1. The molecule has 1 atom stereocenters. The summed E-state index contributed by atoms with van der Waals surface area (Å²) in [6.07, 6.45) is 0.294.